The molecule has 1 aliphatic rings. The van der Waals surface area contributed by atoms with Crippen LogP contribution in [-0.4, -0.2) is 32.8 Å². The van der Waals surface area contributed by atoms with Gasteiger partial charge in [0.25, 0.3) is 15.7 Å². The number of nitro groups is 1. The number of imidazole rings is 1. The normalized spacial score (nSPS) is 15.0. The van der Waals surface area contributed by atoms with Gasteiger partial charge in [-0.2, -0.15) is 4.52 Å². The lowest BCUT2D eigenvalue weighted by molar-refractivity contribution is -0.419. The lowest BCUT2D eigenvalue weighted by Gasteiger charge is -2.09. The van der Waals surface area contributed by atoms with E-state index >= 15 is 0 Å². The van der Waals surface area contributed by atoms with Gasteiger partial charge in [0.05, 0.1) is 4.92 Å². The molecule has 0 bridgehead atoms. The van der Waals surface area contributed by atoms with E-state index in [9.17, 15) is 18.5 Å². The molecule has 2 heterocycles. The summed E-state index contributed by atoms with van der Waals surface area (Å²) in [5.74, 6) is 0. The third kappa shape index (κ3) is 3.34. The summed E-state index contributed by atoms with van der Waals surface area (Å²) in [7, 11) is -3.93. The van der Waals surface area contributed by atoms with Gasteiger partial charge < -0.3 is 0 Å². The Labute approximate surface area is 163 Å². The first-order valence-corrected chi connectivity index (χ1v) is 9.42. The van der Waals surface area contributed by atoms with E-state index in [-0.39, 0.29) is 38.4 Å². The zero-order chi connectivity index (χ0) is 16.9. The van der Waals surface area contributed by atoms with Gasteiger partial charge in [0, 0.05) is 22.9 Å². The summed E-state index contributed by atoms with van der Waals surface area (Å²) >= 11 is 9.29. The van der Waals surface area contributed by atoms with E-state index < -0.39 is 14.9 Å². The third-order valence-electron chi connectivity index (χ3n) is 2.93. The molecule has 0 unspecified atom stereocenters. The highest BCUT2D eigenvalue weighted by Crippen LogP contribution is 2.32. The number of allylic oxidation sites excluding steroid dienone is 3. The van der Waals surface area contributed by atoms with Crippen LogP contribution in [0, 0.1) is 10.1 Å². The molecule has 2 N–H and O–H groups in total. The molecule has 0 saturated heterocycles. The summed E-state index contributed by atoms with van der Waals surface area (Å²) in [6.45, 7) is 0. The van der Waals surface area contributed by atoms with Gasteiger partial charge in [0.1, 0.15) is 10.3 Å². The minimum absolute atomic E-state index is 0. The number of aromatic nitrogens is 3. The van der Waals surface area contributed by atoms with Crippen molar-refractivity contribution >= 4 is 81.9 Å². The largest absolute Gasteiger partial charge is 0.267 e. The number of hydrogen-bond acceptors (Lipinski definition) is 8. The van der Waals surface area contributed by atoms with E-state index in [1.54, 1.807) is 0 Å². The molecule has 3 rings (SSSR count). The lowest BCUT2D eigenvalue weighted by Crippen LogP contribution is -2.12. The molecule has 0 spiro atoms. The maximum Gasteiger partial charge on any atom is 0.267 e. The summed E-state index contributed by atoms with van der Waals surface area (Å²) in [5.41, 5.74) is 0.716. The van der Waals surface area contributed by atoms with Crippen LogP contribution < -0.4 is 5.14 Å². The van der Waals surface area contributed by atoms with Crippen molar-refractivity contribution in [2.24, 2.45) is 5.14 Å². The number of rotatable bonds is 3. The van der Waals surface area contributed by atoms with Crippen LogP contribution in [0.4, 0.5) is 0 Å². The Bertz CT molecular complexity index is 1040. The molecule has 14 heteroatoms. The monoisotopic (exact) mass is 515 g/mol. The van der Waals surface area contributed by atoms with Crippen LogP contribution in [0.5, 0.6) is 0 Å². The van der Waals surface area contributed by atoms with Crippen LogP contribution in [0.25, 0.3) is 10.5 Å². The highest BCUT2D eigenvalue weighted by Gasteiger charge is 2.26. The van der Waals surface area contributed by atoms with Crippen LogP contribution in [-0.2, 0) is 10.0 Å². The average molecular weight is 517 g/mol. The van der Waals surface area contributed by atoms with Crippen molar-refractivity contribution in [1.29, 1.82) is 0 Å². The molecule has 0 fully saturated rings. The summed E-state index contributed by atoms with van der Waals surface area (Å²) in [4.78, 5) is 15.4. The standard InChI is InChI=1S/C10H6BrN5O4S3.BrH/c11-8-7(5-3-4(16(17)18)1-2-6(5)21)13-9-15(8)14-10(22-9)23(12,19)20;/h1,3H,2H2,(H2,12,19,20);1H. The average Bonchev–Trinajstić information content (AvgIpc) is 2.99. The van der Waals surface area contributed by atoms with Crippen LogP contribution in [0.2, 0.25) is 0 Å². The molecule has 0 radical (unpaired) electrons. The molecule has 0 amide bonds. The fraction of sp³-hybridized carbons (Fsp3) is 0.100. The van der Waals surface area contributed by atoms with Gasteiger partial charge in [-0.15, -0.1) is 22.1 Å². The number of halogens is 2. The summed E-state index contributed by atoms with van der Waals surface area (Å²) in [6.07, 6.45) is 3.02. The fourth-order valence-electron chi connectivity index (χ4n) is 1.91. The Morgan fingerprint density at radius 2 is 2.17 bits per heavy atom. The fourth-order valence-corrected chi connectivity index (χ4v) is 4.34. The van der Waals surface area contributed by atoms with Crippen molar-refractivity contribution in [1.82, 2.24) is 14.6 Å². The summed E-state index contributed by atoms with van der Waals surface area (Å²) < 4.78 is 24.0. The zero-order valence-corrected chi connectivity index (χ0v) is 17.1. The maximum absolute atomic E-state index is 11.3. The highest BCUT2D eigenvalue weighted by molar-refractivity contribution is 9.10. The van der Waals surface area contributed by atoms with E-state index in [0.29, 0.717) is 20.7 Å². The Morgan fingerprint density at radius 1 is 1.50 bits per heavy atom. The van der Waals surface area contributed by atoms with E-state index in [4.69, 9.17) is 17.4 Å². The number of nitrogens with zero attached hydrogens (tertiary/aromatic N) is 4. The van der Waals surface area contributed by atoms with Crippen LogP contribution >= 0.6 is 56.5 Å². The highest BCUT2D eigenvalue weighted by atomic mass is 79.9. The van der Waals surface area contributed by atoms with Crippen molar-refractivity contribution < 1.29 is 13.3 Å². The van der Waals surface area contributed by atoms with Gasteiger partial charge in [-0.25, -0.2) is 18.5 Å². The van der Waals surface area contributed by atoms with Crippen LogP contribution in [0.15, 0.2) is 26.8 Å². The number of sulfonamides is 1. The first-order valence-electron chi connectivity index (χ1n) is 5.86. The Hall–Kier alpha value is -1.06. The molecule has 0 saturated carbocycles. The predicted octanol–water partition coefficient (Wildman–Crippen LogP) is 2.10. The summed E-state index contributed by atoms with van der Waals surface area (Å²) in [6, 6.07) is 0. The number of primary sulfonamides is 1. The van der Waals surface area contributed by atoms with E-state index in [0.717, 1.165) is 11.3 Å². The number of hydrogen-bond donors (Lipinski definition) is 1. The van der Waals surface area contributed by atoms with Crippen molar-refractivity contribution in [3.8, 4) is 0 Å². The number of fused-ring (bicyclic) bond motifs is 1. The predicted molar refractivity (Wildman–Crippen MR) is 101 cm³/mol. The quantitative estimate of drug-likeness (QED) is 0.375. The van der Waals surface area contributed by atoms with Gasteiger partial charge in [-0.05, 0) is 22.0 Å². The van der Waals surface area contributed by atoms with Gasteiger partial charge in [0.2, 0.25) is 9.30 Å². The van der Waals surface area contributed by atoms with E-state index in [1.807, 2.05) is 0 Å². The second-order valence-electron chi connectivity index (χ2n) is 4.43. The Balaban J connectivity index is 0.00000208. The zero-order valence-electron chi connectivity index (χ0n) is 11.4. The molecule has 24 heavy (non-hydrogen) atoms. The Morgan fingerprint density at radius 3 is 2.71 bits per heavy atom. The van der Waals surface area contributed by atoms with Gasteiger partial charge in [0.15, 0.2) is 0 Å². The minimum Gasteiger partial charge on any atom is -0.258 e. The smallest absolute Gasteiger partial charge is 0.258 e. The second-order valence-corrected chi connectivity index (χ2v) is 8.37. The van der Waals surface area contributed by atoms with Gasteiger partial charge >= 0.3 is 0 Å². The van der Waals surface area contributed by atoms with Crippen molar-refractivity contribution in [2.75, 3.05) is 0 Å². The molecule has 1 aliphatic carbocycles. The number of nitrogens with two attached hydrogens (primary N) is 1. The van der Waals surface area contributed by atoms with Crippen molar-refractivity contribution in [3.63, 3.8) is 0 Å². The molecular weight excluding hydrogens is 510 g/mol. The van der Waals surface area contributed by atoms with Crippen LogP contribution in [0.1, 0.15) is 12.1 Å². The molecule has 2 aromatic heterocycles. The maximum atomic E-state index is 11.3. The Kier molecular flexibility index (Phi) is 5.37. The molecule has 0 aromatic carbocycles. The SMILES string of the molecule is Br.NS(=O)(=O)c1nn2c(Br)c(C3=CC([N+](=O)[O-])=CCC3=S)nc2s1. The third-order valence-corrected chi connectivity index (χ3v) is 6.25. The summed E-state index contributed by atoms with van der Waals surface area (Å²) in [5, 5.41) is 19.8. The molecule has 9 nitrogen and oxygen atoms in total. The molecule has 0 atom stereocenters. The first-order chi connectivity index (χ1) is 10.7. The lowest BCUT2D eigenvalue weighted by atomic mass is 10.0. The molecular formula is C10H7Br2N5O4S3. The van der Waals surface area contributed by atoms with Crippen molar-refractivity contribution in [3.05, 3.63) is 38.3 Å². The van der Waals surface area contributed by atoms with Crippen molar-refractivity contribution in [2.45, 2.75) is 10.8 Å². The van der Waals surface area contributed by atoms with E-state index in [2.05, 4.69) is 26.0 Å². The molecule has 2 aromatic rings. The van der Waals surface area contributed by atoms with Gasteiger partial charge in [-0.3, -0.25) is 10.1 Å². The second kappa shape index (κ2) is 6.68. The number of thiocarbonyl (C=S) groups is 1. The topological polar surface area (TPSA) is 133 Å². The molecule has 128 valence electrons. The van der Waals surface area contributed by atoms with Gasteiger partial charge in [-0.1, -0.05) is 23.6 Å². The van der Waals surface area contributed by atoms with Crippen LogP contribution in [0.3, 0.4) is 0 Å². The minimum atomic E-state index is -3.93. The first kappa shape index (κ1) is 19.3. The molecule has 0 aliphatic heterocycles. The van der Waals surface area contributed by atoms with E-state index in [1.165, 1.54) is 16.7 Å².